The van der Waals surface area contributed by atoms with Crippen molar-refractivity contribution in [3.8, 4) is 5.75 Å². The molecule has 0 spiro atoms. The summed E-state index contributed by atoms with van der Waals surface area (Å²) in [6.45, 7) is 5.73. The first-order valence-corrected chi connectivity index (χ1v) is 5.21. The largest absolute Gasteiger partial charge is 0.490 e. The van der Waals surface area contributed by atoms with Gasteiger partial charge in [0, 0.05) is 12.6 Å². The molecule has 0 radical (unpaired) electrons. The normalized spacial score (nSPS) is 9.67. The van der Waals surface area contributed by atoms with Gasteiger partial charge in [0.15, 0.2) is 0 Å². The van der Waals surface area contributed by atoms with Crippen LogP contribution in [0.2, 0.25) is 0 Å². The van der Waals surface area contributed by atoms with E-state index >= 15 is 0 Å². The number of nitrogens with zero attached hydrogens (tertiary/aromatic N) is 1. The number of carbonyl (C=O) groups is 1. The fraction of sp³-hybridized carbons (Fsp3) is 0.250. The molecule has 0 heterocycles. The van der Waals surface area contributed by atoms with Crippen molar-refractivity contribution in [2.24, 2.45) is 0 Å². The molecule has 18 heavy (non-hydrogen) atoms. The first-order valence-electron chi connectivity index (χ1n) is 5.21. The van der Waals surface area contributed by atoms with Gasteiger partial charge in [-0.15, -0.1) is 0 Å². The van der Waals surface area contributed by atoms with E-state index in [0.29, 0.717) is 6.54 Å². The van der Waals surface area contributed by atoms with Crippen molar-refractivity contribution in [1.29, 1.82) is 0 Å². The number of rotatable bonds is 5. The molecule has 0 aliphatic rings. The van der Waals surface area contributed by atoms with E-state index in [1.54, 1.807) is 6.92 Å². The Morgan fingerprint density at radius 2 is 2.22 bits per heavy atom. The Bertz CT molecular complexity index is 497. The van der Waals surface area contributed by atoms with Gasteiger partial charge >= 0.3 is 5.69 Å². The molecule has 0 aliphatic carbocycles. The molecule has 1 rings (SSSR count). The van der Waals surface area contributed by atoms with Crippen molar-refractivity contribution in [2.75, 3.05) is 13.7 Å². The van der Waals surface area contributed by atoms with Crippen LogP contribution in [0.3, 0.4) is 0 Å². The maximum absolute atomic E-state index is 11.8. The molecule has 0 atom stereocenters. The second-order valence-electron chi connectivity index (χ2n) is 3.75. The van der Waals surface area contributed by atoms with Crippen LogP contribution in [0.1, 0.15) is 17.3 Å². The highest BCUT2D eigenvalue weighted by atomic mass is 16.6. The van der Waals surface area contributed by atoms with Gasteiger partial charge in [0.1, 0.15) is 0 Å². The van der Waals surface area contributed by atoms with Crippen molar-refractivity contribution < 1.29 is 14.5 Å². The summed E-state index contributed by atoms with van der Waals surface area (Å²) in [4.78, 5) is 22.1. The lowest BCUT2D eigenvalue weighted by Gasteiger charge is -2.09. The monoisotopic (exact) mass is 250 g/mol. The van der Waals surface area contributed by atoms with Gasteiger partial charge in [0.2, 0.25) is 5.75 Å². The molecule has 0 aromatic heterocycles. The SMILES string of the molecule is C=C(C)CNC(=O)c1cccc([N+](=O)[O-])c1OC. The van der Waals surface area contributed by atoms with Gasteiger partial charge in [0.25, 0.3) is 5.91 Å². The molecule has 0 bridgehead atoms. The van der Waals surface area contributed by atoms with Gasteiger partial charge < -0.3 is 10.1 Å². The molecular weight excluding hydrogens is 236 g/mol. The van der Waals surface area contributed by atoms with Crippen LogP contribution in [0.5, 0.6) is 5.75 Å². The van der Waals surface area contributed by atoms with Crippen LogP contribution in [0.25, 0.3) is 0 Å². The van der Waals surface area contributed by atoms with E-state index in [4.69, 9.17) is 4.74 Å². The number of nitro benzene ring substituents is 1. The van der Waals surface area contributed by atoms with E-state index < -0.39 is 10.8 Å². The van der Waals surface area contributed by atoms with Crippen molar-refractivity contribution >= 4 is 11.6 Å². The number of nitro groups is 1. The third kappa shape index (κ3) is 3.07. The minimum absolute atomic E-state index is 0.0401. The minimum Gasteiger partial charge on any atom is -0.490 e. The van der Waals surface area contributed by atoms with Crippen molar-refractivity contribution in [3.05, 3.63) is 46.0 Å². The number of hydrogen-bond donors (Lipinski definition) is 1. The summed E-state index contributed by atoms with van der Waals surface area (Å²) in [5, 5.41) is 13.4. The Morgan fingerprint density at radius 1 is 1.56 bits per heavy atom. The standard InChI is InChI=1S/C12H14N2O4/c1-8(2)7-13-12(15)9-5-4-6-10(14(16)17)11(9)18-3/h4-6H,1,7H2,2-3H3,(H,13,15). The summed E-state index contributed by atoms with van der Waals surface area (Å²) >= 11 is 0. The maximum atomic E-state index is 11.8. The van der Waals surface area contributed by atoms with Crippen LogP contribution >= 0.6 is 0 Å². The first-order chi connectivity index (χ1) is 8.47. The smallest absolute Gasteiger partial charge is 0.311 e. The zero-order chi connectivity index (χ0) is 13.7. The highest BCUT2D eigenvalue weighted by Crippen LogP contribution is 2.30. The fourth-order valence-electron chi connectivity index (χ4n) is 1.39. The number of benzene rings is 1. The summed E-state index contributed by atoms with van der Waals surface area (Å²) in [6.07, 6.45) is 0. The zero-order valence-corrected chi connectivity index (χ0v) is 10.2. The third-order valence-corrected chi connectivity index (χ3v) is 2.19. The Morgan fingerprint density at radius 3 is 2.72 bits per heavy atom. The second-order valence-corrected chi connectivity index (χ2v) is 3.75. The molecule has 96 valence electrons. The molecule has 0 aliphatic heterocycles. The fourth-order valence-corrected chi connectivity index (χ4v) is 1.39. The Labute approximate surface area is 104 Å². The predicted octanol–water partition coefficient (Wildman–Crippen LogP) is 1.91. The van der Waals surface area contributed by atoms with Gasteiger partial charge in [-0.2, -0.15) is 0 Å². The molecule has 1 aromatic rings. The molecule has 0 saturated carbocycles. The number of para-hydroxylation sites is 1. The van der Waals surface area contributed by atoms with Crippen molar-refractivity contribution in [3.63, 3.8) is 0 Å². The Balaban J connectivity index is 3.08. The molecule has 1 aromatic carbocycles. The van der Waals surface area contributed by atoms with E-state index in [1.807, 2.05) is 0 Å². The molecule has 0 unspecified atom stereocenters. The Kier molecular flexibility index (Phi) is 4.42. The van der Waals surface area contributed by atoms with Crippen molar-refractivity contribution in [2.45, 2.75) is 6.92 Å². The maximum Gasteiger partial charge on any atom is 0.311 e. The highest BCUT2D eigenvalue weighted by molar-refractivity contribution is 5.98. The van der Waals surface area contributed by atoms with Crippen LogP contribution < -0.4 is 10.1 Å². The van der Waals surface area contributed by atoms with Crippen LogP contribution in [0.4, 0.5) is 5.69 Å². The number of carbonyl (C=O) groups excluding carboxylic acids is 1. The highest BCUT2D eigenvalue weighted by Gasteiger charge is 2.22. The van der Waals surface area contributed by atoms with Gasteiger partial charge in [-0.1, -0.05) is 18.2 Å². The quantitative estimate of drug-likeness (QED) is 0.491. The summed E-state index contributed by atoms with van der Waals surface area (Å²) in [7, 11) is 1.29. The average Bonchev–Trinajstić information content (AvgIpc) is 2.34. The molecule has 0 fully saturated rings. The van der Waals surface area contributed by atoms with Gasteiger partial charge in [-0.05, 0) is 13.0 Å². The third-order valence-electron chi connectivity index (χ3n) is 2.19. The van der Waals surface area contributed by atoms with Crippen LogP contribution in [-0.4, -0.2) is 24.5 Å². The van der Waals surface area contributed by atoms with Crippen LogP contribution in [0.15, 0.2) is 30.4 Å². The number of amides is 1. The minimum atomic E-state index is -0.589. The average molecular weight is 250 g/mol. The lowest BCUT2D eigenvalue weighted by atomic mass is 10.1. The molecule has 1 N–H and O–H groups in total. The zero-order valence-electron chi connectivity index (χ0n) is 10.2. The van der Waals surface area contributed by atoms with Crippen LogP contribution in [0, 0.1) is 10.1 Å². The molecular formula is C12H14N2O4. The van der Waals surface area contributed by atoms with Gasteiger partial charge in [-0.3, -0.25) is 14.9 Å². The van der Waals surface area contributed by atoms with Crippen LogP contribution in [-0.2, 0) is 0 Å². The van der Waals surface area contributed by atoms with E-state index in [0.717, 1.165) is 5.57 Å². The lowest BCUT2D eigenvalue weighted by Crippen LogP contribution is -2.25. The molecule has 6 heteroatoms. The second kappa shape index (κ2) is 5.81. The van der Waals surface area contributed by atoms with E-state index in [-0.39, 0.29) is 17.0 Å². The Hall–Kier alpha value is -2.37. The van der Waals surface area contributed by atoms with Gasteiger partial charge in [-0.25, -0.2) is 0 Å². The number of methoxy groups -OCH3 is 1. The summed E-state index contributed by atoms with van der Waals surface area (Å²) < 4.78 is 4.94. The topological polar surface area (TPSA) is 81.5 Å². The predicted molar refractivity (Wildman–Crippen MR) is 66.8 cm³/mol. The van der Waals surface area contributed by atoms with Gasteiger partial charge in [0.05, 0.1) is 17.6 Å². The summed E-state index contributed by atoms with van der Waals surface area (Å²) in [5.74, 6) is -0.472. The van der Waals surface area contributed by atoms with Crippen molar-refractivity contribution in [1.82, 2.24) is 5.32 Å². The van der Waals surface area contributed by atoms with E-state index in [2.05, 4.69) is 11.9 Å². The van der Waals surface area contributed by atoms with E-state index in [1.165, 1.54) is 25.3 Å². The first kappa shape index (κ1) is 13.7. The molecule has 1 amide bonds. The lowest BCUT2D eigenvalue weighted by molar-refractivity contribution is -0.385. The molecule has 0 saturated heterocycles. The number of ether oxygens (including phenoxy) is 1. The molecule has 6 nitrogen and oxygen atoms in total. The van der Waals surface area contributed by atoms with E-state index in [9.17, 15) is 14.9 Å². The number of nitrogens with one attached hydrogen (secondary N) is 1. The number of hydrogen-bond acceptors (Lipinski definition) is 4. The summed E-state index contributed by atoms with van der Waals surface area (Å²) in [6, 6.07) is 4.20. The summed E-state index contributed by atoms with van der Waals surface area (Å²) in [5.41, 5.74) is 0.682.